The van der Waals surface area contributed by atoms with E-state index in [4.69, 9.17) is 19.5 Å². The summed E-state index contributed by atoms with van der Waals surface area (Å²) in [5, 5.41) is 25.0. The molecule has 1 aromatic heterocycles. The summed E-state index contributed by atoms with van der Waals surface area (Å²) in [5.74, 6) is 0.0928. The molecule has 0 radical (unpaired) electrons. The predicted molar refractivity (Wildman–Crippen MR) is 247 cm³/mol. The van der Waals surface area contributed by atoms with Crippen molar-refractivity contribution in [3.63, 3.8) is 0 Å². The molecule has 1 saturated heterocycles. The smallest absolute Gasteiger partial charge is 0.335 e. The first-order valence-corrected chi connectivity index (χ1v) is 21.4. The Kier molecular flexibility index (Phi) is 19.2. The lowest BCUT2D eigenvalue weighted by Gasteiger charge is -2.30. The van der Waals surface area contributed by atoms with Gasteiger partial charge in [0.25, 0.3) is 0 Å². The monoisotopic (exact) mass is 825 g/mol. The molecule has 328 valence electrons. The van der Waals surface area contributed by atoms with Crippen LogP contribution in [0.25, 0.3) is 11.3 Å². The van der Waals surface area contributed by atoms with Crippen LogP contribution in [0.4, 0.5) is 11.6 Å². The summed E-state index contributed by atoms with van der Waals surface area (Å²) in [6.45, 7) is 30.0. The first-order valence-electron chi connectivity index (χ1n) is 21.4. The first kappa shape index (κ1) is 49.5. The van der Waals surface area contributed by atoms with Crippen molar-refractivity contribution in [2.24, 2.45) is 16.3 Å². The van der Waals surface area contributed by atoms with Gasteiger partial charge in [0.2, 0.25) is 11.8 Å². The van der Waals surface area contributed by atoms with Crippen LogP contribution in [0.1, 0.15) is 130 Å². The number of rotatable bonds is 15. The molecule has 1 aliphatic rings. The van der Waals surface area contributed by atoms with E-state index in [9.17, 15) is 15.1 Å². The minimum atomic E-state index is -1.11. The molecule has 2 heterocycles. The van der Waals surface area contributed by atoms with Gasteiger partial charge in [-0.3, -0.25) is 10.2 Å². The zero-order valence-corrected chi connectivity index (χ0v) is 38.7. The second kappa shape index (κ2) is 23.2. The topological polar surface area (TPSA) is 141 Å². The fourth-order valence-electron chi connectivity index (χ4n) is 6.66. The average Bonchev–Trinajstić information content (AvgIpc) is 3.36. The Morgan fingerprint density at radius 2 is 1.68 bits per heavy atom. The molecule has 1 fully saturated rings. The number of carboxylic acids is 1. The molecule has 3 unspecified atom stereocenters. The third-order valence-corrected chi connectivity index (χ3v) is 10.0. The number of hydrogen-bond donors (Lipinski definition) is 4. The number of carboxylic acid groups (broad SMARTS) is 1. The van der Waals surface area contributed by atoms with Gasteiger partial charge >= 0.3 is 5.97 Å². The van der Waals surface area contributed by atoms with Crippen LogP contribution < -0.4 is 20.7 Å². The van der Waals surface area contributed by atoms with Gasteiger partial charge in [-0.1, -0.05) is 96.5 Å². The van der Waals surface area contributed by atoms with Crippen molar-refractivity contribution in [1.82, 2.24) is 15.3 Å². The Labute approximate surface area is 360 Å². The standard InChI is InChI=1S/C45H62N6O5.C4H10/c1-12-17-33(24-31(7)45(9,10)11)32(8)46-36(13-2)37-22-16-23-40(56-28(3)4)39(47-37)27-55-41-26-38(42-29(5)18-14-19-30(42)6)48-44(49-41)50-51(54)35-21-15-20-34(25-35)43(52)53;1-4(2)3/h13-15,17-21,24-26,28,37,39-40,47,54H,12,16,22-23,27H2,1-11H3,(H,52,53)(H,48,49,50);4H,1-3H3/b31-24+,33-17-,36-13-,46-32-;. The molecule has 0 aliphatic carbocycles. The normalized spacial score (nSPS) is 18.2. The molecule has 11 nitrogen and oxygen atoms in total. The van der Waals surface area contributed by atoms with Crippen LogP contribution in [0.15, 0.2) is 88.6 Å². The van der Waals surface area contributed by atoms with Crippen LogP contribution in [-0.2, 0) is 4.74 Å². The molecule has 2 aromatic carbocycles. The van der Waals surface area contributed by atoms with Crippen molar-refractivity contribution in [3.05, 3.63) is 100 Å². The quantitative estimate of drug-likeness (QED) is 0.0665. The zero-order valence-electron chi connectivity index (χ0n) is 38.7. The third-order valence-electron chi connectivity index (χ3n) is 10.0. The number of hydrazine groups is 1. The SMILES string of the molecule is CC(C)C.C\C=C(/N=C(C)\C(=C/CC)\C=C(/C)C(C)(C)C)C1CCCC(OC(C)C)C(COc2cc(-c3c(C)cccc3C)nc(NN(O)c3cccc(C(=O)O)c3)n2)N1. The number of nitrogens with one attached hydrogen (secondary N) is 2. The molecule has 60 heavy (non-hydrogen) atoms. The van der Waals surface area contributed by atoms with E-state index in [1.165, 1.54) is 17.7 Å². The number of aryl methyl sites for hydroxylation is 2. The Bertz CT molecular complexity index is 1970. The van der Waals surface area contributed by atoms with Crippen molar-refractivity contribution in [1.29, 1.82) is 0 Å². The number of allylic oxidation sites excluding steroid dienone is 5. The minimum absolute atomic E-state index is 0.0162. The van der Waals surface area contributed by atoms with E-state index >= 15 is 0 Å². The van der Waals surface area contributed by atoms with E-state index in [2.05, 4.69) is 96.3 Å². The maximum atomic E-state index is 11.6. The van der Waals surface area contributed by atoms with Crippen LogP contribution in [0.3, 0.4) is 0 Å². The number of aliphatic imine (C=N–C) groups is 1. The van der Waals surface area contributed by atoms with Gasteiger partial charge in [0.05, 0.1) is 40.9 Å². The highest BCUT2D eigenvalue weighted by Crippen LogP contribution is 2.31. The van der Waals surface area contributed by atoms with E-state index in [1.54, 1.807) is 18.2 Å². The third kappa shape index (κ3) is 15.3. The number of aromatic carboxylic acids is 1. The fraction of sp³-hybridized carbons (Fsp3) is 0.510. The number of nitrogens with zero attached hydrogens (tertiary/aromatic N) is 4. The van der Waals surface area contributed by atoms with E-state index in [0.29, 0.717) is 16.7 Å². The van der Waals surface area contributed by atoms with E-state index in [-0.39, 0.29) is 53.5 Å². The molecule has 1 aliphatic heterocycles. The van der Waals surface area contributed by atoms with Crippen LogP contribution in [0, 0.1) is 25.2 Å². The molecule has 0 saturated carbocycles. The Morgan fingerprint density at radius 1 is 1.03 bits per heavy atom. The van der Waals surface area contributed by atoms with Gasteiger partial charge in [0.15, 0.2) is 0 Å². The predicted octanol–water partition coefficient (Wildman–Crippen LogP) is 11.7. The summed E-state index contributed by atoms with van der Waals surface area (Å²) >= 11 is 0. The van der Waals surface area contributed by atoms with Crippen molar-refractivity contribution >= 4 is 23.3 Å². The summed E-state index contributed by atoms with van der Waals surface area (Å²) in [6.07, 6.45) is 10.1. The lowest BCUT2D eigenvalue weighted by Crippen LogP contribution is -2.49. The molecule has 0 amide bonds. The zero-order chi connectivity index (χ0) is 44.7. The fourth-order valence-corrected chi connectivity index (χ4v) is 6.66. The van der Waals surface area contributed by atoms with Gasteiger partial charge in [0, 0.05) is 23.4 Å². The average molecular weight is 825 g/mol. The second-order valence-electron chi connectivity index (χ2n) is 17.5. The summed E-state index contributed by atoms with van der Waals surface area (Å²) in [5.41, 5.74) is 11.0. The highest BCUT2D eigenvalue weighted by molar-refractivity contribution is 6.01. The van der Waals surface area contributed by atoms with Crippen molar-refractivity contribution < 1.29 is 24.6 Å². The van der Waals surface area contributed by atoms with E-state index in [1.807, 2.05) is 52.8 Å². The molecule has 11 heteroatoms. The molecular weight excluding hydrogens is 753 g/mol. The maximum absolute atomic E-state index is 11.6. The molecule has 3 aromatic rings. The van der Waals surface area contributed by atoms with Crippen molar-refractivity contribution in [2.75, 3.05) is 17.2 Å². The van der Waals surface area contributed by atoms with Crippen LogP contribution in [0.2, 0.25) is 0 Å². The summed E-state index contributed by atoms with van der Waals surface area (Å²) in [7, 11) is 0. The molecule has 3 atom stereocenters. The molecule has 4 rings (SSSR count). The summed E-state index contributed by atoms with van der Waals surface area (Å²) < 4.78 is 13.0. The number of hydrogen-bond acceptors (Lipinski definition) is 10. The molecule has 0 spiro atoms. The van der Waals surface area contributed by atoms with Gasteiger partial charge in [-0.15, -0.1) is 0 Å². The van der Waals surface area contributed by atoms with Gasteiger partial charge in [-0.05, 0) is 120 Å². The van der Waals surface area contributed by atoms with E-state index < -0.39 is 5.97 Å². The largest absolute Gasteiger partial charge is 0.478 e. The Hall–Kier alpha value is -4.84. The van der Waals surface area contributed by atoms with Crippen LogP contribution in [0.5, 0.6) is 5.88 Å². The number of carbonyl (C=O) groups is 1. The van der Waals surface area contributed by atoms with Gasteiger partial charge < -0.3 is 19.9 Å². The second-order valence-corrected chi connectivity index (χ2v) is 17.5. The van der Waals surface area contributed by atoms with Crippen LogP contribution >= 0.6 is 0 Å². The van der Waals surface area contributed by atoms with Gasteiger partial charge in [0.1, 0.15) is 6.61 Å². The Balaban J connectivity index is 0.00000229. The van der Waals surface area contributed by atoms with E-state index in [0.717, 1.165) is 65.3 Å². The molecular formula is C49H72N6O5. The molecule has 0 bridgehead atoms. The highest BCUT2D eigenvalue weighted by Gasteiger charge is 2.31. The van der Waals surface area contributed by atoms with Crippen molar-refractivity contribution in [2.45, 2.75) is 147 Å². The number of anilines is 2. The summed E-state index contributed by atoms with van der Waals surface area (Å²) in [4.78, 5) is 26.2. The summed E-state index contributed by atoms with van der Waals surface area (Å²) in [6, 6.07) is 13.5. The highest BCUT2D eigenvalue weighted by atomic mass is 16.5. The van der Waals surface area contributed by atoms with Gasteiger partial charge in [-0.2, -0.15) is 10.2 Å². The number of aromatic nitrogens is 2. The van der Waals surface area contributed by atoms with Gasteiger partial charge in [-0.25, -0.2) is 15.2 Å². The first-order chi connectivity index (χ1) is 28.2. The molecule has 4 N–H and O–H groups in total. The van der Waals surface area contributed by atoms with Crippen molar-refractivity contribution in [3.8, 4) is 17.1 Å². The Morgan fingerprint density at radius 3 is 2.27 bits per heavy atom. The number of benzene rings is 2. The van der Waals surface area contributed by atoms with Crippen LogP contribution in [-0.4, -0.2) is 62.9 Å². The minimum Gasteiger partial charge on any atom is -0.478 e. The number of ether oxygens (including phenoxy) is 2. The lowest BCUT2D eigenvalue weighted by atomic mass is 9.86. The maximum Gasteiger partial charge on any atom is 0.335 e. The lowest BCUT2D eigenvalue weighted by molar-refractivity contribution is -0.0244.